The van der Waals surface area contributed by atoms with E-state index in [0.717, 1.165) is 12.8 Å². The van der Waals surface area contributed by atoms with Gasteiger partial charge in [0.25, 0.3) is 0 Å². The van der Waals surface area contributed by atoms with E-state index in [0.29, 0.717) is 34.4 Å². The first-order chi connectivity index (χ1) is 9.77. The van der Waals surface area contributed by atoms with Crippen molar-refractivity contribution in [2.45, 2.75) is 17.7 Å². The van der Waals surface area contributed by atoms with Gasteiger partial charge in [-0.25, -0.2) is 12.7 Å². The van der Waals surface area contributed by atoms with Gasteiger partial charge in [0, 0.05) is 24.5 Å². The molecule has 1 heterocycles. The topological polar surface area (TPSA) is 80.5 Å². The van der Waals surface area contributed by atoms with E-state index in [-0.39, 0.29) is 5.92 Å². The Kier molecular flexibility index (Phi) is 5.29. The van der Waals surface area contributed by atoms with Crippen molar-refractivity contribution in [1.82, 2.24) is 4.31 Å². The largest absolute Gasteiger partial charge is 0.399 e. The number of hydrogen-bond acceptors (Lipinski definition) is 4. The SMILES string of the molecule is CS(=O)(=O)N1CCCC(CS(=O)c2ccc(N)cc2Cl)C1. The number of benzene rings is 1. The molecule has 0 saturated carbocycles. The number of halogens is 1. The first-order valence-electron chi connectivity index (χ1n) is 6.66. The van der Waals surface area contributed by atoms with Crippen molar-refractivity contribution in [2.75, 3.05) is 30.8 Å². The molecule has 1 aromatic carbocycles. The van der Waals surface area contributed by atoms with Crippen molar-refractivity contribution in [3.05, 3.63) is 23.2 Å². The smallest absolute Gasteiger partial charge is 0.211 e. The standard InChI is InChI=1S/C13H19ClN2O3S2/c1-21(18,19)16-6-2-3-10(8-16)9-20(17)13-5-4-11(15)7-12(13)14/h4-5,7,10H,2-3,6,8-9,15H2,1H3. The Hall–Kier alpha value is -0.630. The molecule has 0 aromatic heterocycles. The molecule has 0 radical (unpaired) electrons. The van der Waals surface area contributed by atoms with Crippen LogP contribution in [-0.2, 0) is 20.8 Å². The Bertz CT molecular complexity index is 649. The predicted octanol–water partition coefficient (Wildman–Crippen LogP) is 1.70. The lowest BCUT2D eigenvalue weighted by Gasteiger charge is -2.30. The van der Waals surface area contributed by atoms with Crippen molar-refractivity contribution in [2.24, 2.45) is 5.92 Å². The number of nitrogens with two attached hydrogens (primary N) is 1. The van der Waals surface area contributed by atoms with Gasteiger partial charge in [0.2, 0.25) is 10.0 Å². The van der Waals surface area contributed by atoms with E-state index < -0.39 is 20.8 Å². The Morgan fingerprint density at radius 3 is 2.81 bits per heavy atom. The molecule has 0 amide bonds. The van der Waals surface area contributed by atoms with Crippen LogP contribution in [0.1, 0.15) is 12.8 Å². The molecular weight excluding hydrogens is 332 g/mol. The Morgan fingerprint density at radius 2 is 2.19 bits per heavy atom. The summed E-state index contributed by atoms with van der Waals surface area (Å²) in [6.45, 7) is 0.974. The monoisotopic (exact) mass is 350 g/mol. The van der Waals surface area contributed by atoms with E-state index in [1.54, 1.807) is 18.2 Å². The number of piperidine rings is 1. The van der Waals surface area contributed by atoms with Crippen molar-refractivity contribution in [1.29, 1.82) is 0 Å². The van der Waals surface area contributed by atoms with Crippen LogP contribution in [0.15, 0.2) is 23.1 Å². The van der Waals surface area contributed by atoms with Gasteiger partial charge < -0.3 is 5.73 Å². The molecule has 1 fully saturated rings. The quantitative estimate of drug-likeness (QED) is 0.838. The fourth-order valence-corrected chi connectivity index (χ4v) is 5.24. The summed E-state index contributed by atoms with van der Waals surface area (Å²) in [5.74, 6) is 0.498. The van der Waals surface area contributed by atoms with Crippen LogP contribution in [0.3, 0.4) is 0 Å². The minimum absolute atomic E-state index is 0.0860. The lowest BCUT2D eigenvalue weighted by molar-refractivity contribution is 0.285. The van der Waals surface area contributed by atoms with Crippen molar-refractivity contribution < 1.29 is 12.6 Å². The molecule has 2 N–H and O–H groups in total. The number of nitrogen functional groups attached to an aromatic ring is 1. The zero-order valence-electron chi connectivity index (χ0n) is 11.8. The average molecular weight is 351 g/mol. The fourth-order valence-electron chi connectivity index (χ4n) is 2.47. The normalized spacial score (nSPS) is 22.1. The van der Waals surface area contributed by atoms with Crippen molar-refractivity contribution in [3.8, 4) is 0 Å². The van der Waals surface area contributed by atoms with Gasteiger partial charge in [0.05, 0.1) is 27.0 Å². The van der Waals surface area contributed by atoms with Crippen LogP contribution in [0.4, 0.5) is 5.69 Å². The zero-order valence-corrected chi connectivity index (χ0v) is 14.2. The van der Waals surface area contributed by atoms with Gasteiger partial charge in [-0.05, 0) is 37.0 Å². The van der Waals surface area contributed by atoms with Crippen LogP contribution in [0.2, 0.25) is 5.02 Å². The van der Waals surface area contributed by atoms with Crippen LogP contribution >= 0.6 is 11.6 Å². The van der Waals surface area contributed by atoms with Crippen LogP contribution in [0.25, 0.3) is 0 Å². The summed E-state index contributed by atoms with van der Waals surface area (Å²) in [7, 11) is -4.43. The second-order valence-electron chi connectivity index (χ2n) is 5.33. The Labute approximate surface area is 133 Å². The summed E-state index contributed by atoms with van der Waals surface area (Å²) < 4.78 is 37.1. The molecule has 1 aliphatic rings. The number of rotatable bonds is 4. The molecule has 2 unspecified atom stereocenters. The van der Waals surface area contributed by atoms with Gasteiger partial charge in [-0.1, -0.05) is 11.6 Å². The fraction of sp³-hybridized carbons (Fsp3) is 0.538. The molecular formula is C13H19ClN2O3S2. The molecule has 0 spiro atoms. The molecule has 1 aromatic rings. The highest BCUT2D eigenvalue weighted by Crippen LogP contribution is 2.26. The molecule has 0 bridgehead atoms. The second-order valence-corrected chi connectivity index (χ2v) is 9.19. The third kappa shape index (κ3) is 4.42. The summed E-state index contributed by atoms with van der Waals surface area (Å²) in [5.41, 5.74) is 6.15. The molecule has 5 nitrogen and oxygen atoms in total. The molecule has 1 aliphatic heterocycles. The number of anilines is 1. The van der Waals surface area contributed by atoms with Crippen molar-refractivity contribution in [3.63, 3.8) is 0 Å². The van der Waals surface area contributed by atoms with E-state index >= 15 is 0 Å². The number of nitrogens with zero attached hydrogens (tertiary/aromatic N) is 1. The second kappa shape index (κ2) is 6.64. The highest BCUT2D eigenvalue weighted by atomic mass is 35.5. The van der Waals surface area contributed by atoms with E-state index in [1.165, 1.54) is 10.6 Å². The zero-order chi connectivity index (χ0) is 15.6. The van der Waals surface area contributed by atoms with Crippen molar-refractivity contribution >= 4 is 38.1 Å². The van der Waals surface area contributed by atoms with E-state index in [2.05, 4.69) is 0 Å². The molecule has 0 aliphatic carbocycles. The minimum atomic E-state index is -3.18. The maximum atomic E-state index is 12.4. The van der Waals surface area contributed by atoms with Gasteiger partial charge in [-0.3, -0.25) is 4.21 Å². The predicted molar refractivity (Wildman–Crippen MR) is 86.3 cm³/mol. The number of sulfonamides is 1. The molecule has 118 valence electrons. The van der Waals surface area contributed by atoms with Crippen LogP contribution in [-0.4, -0.2) is 42.0 Å². The van der Waals surface area contributed by atoms with E-state index in [4.69, 9.17) is 17.3 Å². The number of hydrogen-bond donors (Lipinski definition) is 1. The Morgan fingerprint density at radius 1 is 1.48 bits per heavy atom. The Balaban J connectivity index is 2.05. The summed E-state index contributed by atoms with van der Waals surface area (Å²) in [4.78, 5) is 0.558. The van der Waals surface area contributed by atoms with Gasteiger partial charge in [-0.2, -0.15) is 0 Å². The molecule has 2 atom stereocenters. The van der Waals surface area contributed by atoms with Gasteiger partial charge >= 0.3 is 0 Å². The first kappa shape index (κ1) is 16.7. The molecule has 21 heavy (non-hydrogen) atoms. The lowest BCUT2D eigenvalue weighted by atomic mass is 10.0. The maximum Gasteiger partial charge on any atom is 0.211 e. The third-order valence-corrected chi connectivity index (χ3v) is 6.85. The third-order valence-electron chi connectivity index (χ3n) is 3.54. The van der Waals surface area contributed by atoms with Crippen LogP contribution in [0.5, 0.6) is 0 Å². The summed E-state index contributed by atoms with van der Waals surface area (Å²) in [6.07, 6.45) is 2.89. The van der Waals surface area contributed by atoms with Crippen LogP contribution in [0, 0.1) is 5.92 Å². The highest BCUT2D eigenvalue weighted by Gasteiger charge is 2.27. The molecule has 2 rings (SSSR count). The summed E-state index contributed by atoms with van der Waals surface area (Å²) in [6, 6.07) is 4.92. The van der Waals surface area contributed by atoms with Crippen LogP contribution < -0.4 is 5.73 Å². The molecule has 8 heteroatoms. The van der Waals surface area contributed by atoms with Gasteiger partial charge in [0.15, 0.2) is 0 Å². The summed E-state index contributed by atoms with van der Waals surface area (Å²) in [5, 5.41) is 0.393. The highest BCUT2D eigenvalue weighted by molar-refractivity contribution is 7.88. The van der Waals surface area contributed by atoms with Gasteiger partial charge in [-0.15, -0.1) is 0 Å². The van der Waals surface area contributed by atoms with Gasteiger partial charge in [0.1, 0.15) is 0 Å². The minimum Gasteiger partial charge on any atom is -0.399 e. The summed E-state index contributed by atoms with van der Waals surface area (Å²) >= 11 is 6.06. The maximum absolute atomic E-state index is 12.4. The first-order valence-corrected chi connectivity index (χ1v) is 10.2. The average Bonchev–Trinajstić information content (AvgIpc) is 2.37. The lowest BCUT2D eigenvalue weighted by Crippen LogP contribution is -2.40. The molecule has 1 saturated heterocycles. The van der Waals surface area contributed by atoms with E-state index in [1.807, 2.05) is 0 Å². The van der Waals surface area contributed by atoms with E-state index in [9.17, 15) is 12.6 Å².